The van der Waals surface area contributed by atoms with E-state index in [0.29, 0.717) is 0 Å². The van der Waals surface area contributed by atoms with Gasteiger partial charge in [0.25, 0.3) is 5.91 Å². The van der Waals surface area contributed by atoms with Gasteiger partial charge in [0.15, 0.2) is 11.6 Å². The lowest BCUT2D eigenvalue weighted by Gasteiger charge is -2.09. The normalized spacial score (nSPS) is 10.6. The van der Waals surface area contributed by atoms with Crippen molar-refractivity contribution in [3.8, 4) is 11.1 Å². The minimum absolute atomic E-state index is 0.00568. The number of thiophene rings is 1. The number of halogens is 2. The van der Waals surface area contributed by atoms with Gasteiger partial charge in [0.05, 0.1) is 5.56 Å². The van der Waals surface area contributed by atoms with Crippen LogP contribution in [0.25, 0.3) is 11.1 Å². The van der Waals surface area contributed by atoms with Crippen molar-refractivity contribution in [2.45, 2.75) is 6.92 Å². The van der Waals surface area contributed by atoms with Crippen molar-refractivity contribution in [2.75, 3.05) is 11.1 Å². The minimum atomic E-state index is -1.37. The van der Waals surface area contributed by atoms with Crippen LogP contribution in [0.2, 0.25) is 0 Å². The summed E-state index contributed by atoms with van der Waals surface area (Å²) in [6.45, 7) is 1.41. The molecule has 0 aliphatic carbocycles. The standard InChI is InChI=1S/C19H14F2N2O3S/c1-9-6-7-10(16(21)15(9)20)12-8-27-18(14(12)19(25)26)23-17(24)11-4-2-3-5-13(11)22/h2-8H,22H2,1H3,(H,23,24)(H,25,26). The van der Waals surface area contributed by atoms with E-state index in [1.165, 1.54) is 36.6 Å². The summed E-state index contributed by atoms with van der Waals surface area (Å²) in [7, 11) is 0. The molecule has 5 nitrogen and oxygen atoms in total. The second-order valence-electron chi connectivity index (χ2n) is 5.76. The molecule has 4 N–H and O–H groups in total. The van der Waals surface area contributed by atoms with Gasteiger partial charge >= 0.3 is 5.97 Å². The van der Waals surface area contributed by atoms with Gasteiger partial charge in [0.1, 0.15) is 10.6 Å². The highest BCUT2D eigenvalue weighted by molar-refractivity contribution is 7.15. The van der Waals surface area contributed by atoms with Gasteiger partial charge in [0.2, 0.25) is 0 Å². The molecule has 0 atom stereocenters. The van der Waals surface area contributed by atoms with E-state index in [0.717, 1.165) is 11.3 Å². The number of nitrogen functional groups attached to an aromatic ring is 1. The zero-order valence-corrected chi connectivity index (χ0v) is 14.9. The quantitative estimate of drug-likeness (QED) is 0.573. The third-order valence-corrected chi connectivity index (χ3v) is 4.90. The summed E-state index contributed by atoms with van der Waals surface area (Å²) in [5.41, 5.74) is 5.75. The number of nitrogens with two attached hydrogens (primary N) is 1. The van der Waals surface area contributed by atoms with Crippen LogP contribution in [0.3, 0.4) is 0 Å². The summed E-state index contributed by atoms with van der Waals surface area (Å²) in [5.74, 6) is -4.15. The molecule has 0 saturated carbocycles. The van der Waals surface area contributed by atoms with Crippen molar-refractivity contribution in [1.29, 1.82) is 0 Å². The van der Waals surface area contributed by atoms with Crippen molar-refractivity contribution < 1.29 is 23.5 Å². The van der Waals surface area contributed by atoms with Crippen LogP contribution >= 0.6 is 11.3 Å². The van der Waals surface area contributed by atoms with E-state index in [-0.39, 0.29) is 38.5 Å². The number of hydrogen-bond donors (Lipinski definition) is 3. The zero-order chi connectivity index (χ0) is 19.7. The number of carbonyl (C=O) groups is 2. The van der Waals surface area contributed by atoms with Crippen LogP contribution in [0.4, 0.5) is 19.5 Å². The third-order valence-electron chi connectivity index (χ3n) is 4.00. The van der Waals surface area contributed by atoms with Gasteiger partial charge in [0, 0.05) is 22.2 Å². The molecular formula is C19H14F2N2O3S. The van der Waals surface area contributed by atoms with Gasteiger partial charge in [-0.15, -0.1) is 11.3 Å². The molecule has 8 heteroatoms. The molecule has 3 aromatic rings. The van der Waals surface area contributed by atoms with Gasteiger partial charge in [-0.3, -0.25) is 4.79 Å². The van der Waals surface area contributed by atoms with Gasteiger partial charge in [-0.1, -0.05) is 24.3 Å². The van der Waals surface area contributed by atoms with Crippen LogP contribution in [-0.2, 0) is 0 Å². The molecule has 0 saturated heterocycles. The average molecular weight is 388 g/mol. The van der Waals surface area contributed by atoms with Gasteiger partial charge in [-0.2, -0.15) is 0 Å². The molecule has 0 bridgehead atoms. The number of anilines is 2. The molecule has 2 aromatic carbocycles. The highest BCUT2D eigenvalue weighted by Gasteiger charge is 2.25. The SMILES string of the molecule is Cc1ccc(-c2csc(NC(=O)c3ccccc3N)c2C(=O)O)c(F)c1F. The fraction of sp³-hybridized carbons (Fsp3) is 0.0526. The number of aryl methyl sites for hydroxylation is 1. The molecule has 0 aliphatic heterocycles. The topological polar surface area (TPSA) is 92.4 Å². The van der Waals surface area contributed by atoms with E-state index in [1.54, 1.807) is 12.1 Å². The molecule has 1 aromatic heterocycles. The largest absolute Gasteiger partial charge is 0.478 e. The van der Waals surface area contributed by atoms with Crippen LogP contribution in [0.15, 0.2) is 41.8 Å². The van der Waals surface area contributed by atoms with Gasteiger partial charge in [-0.25, -0.2) is 13.6 Å². The summed E-state index contributed by atoms with van der Waals surface area (Å²) in [5, 5.41) is 13.4. The molecule has 138 valence electrons. The molecule has 0 fully saturated rings. The van der Waals surface area contributed by atoms with E-state index in [2.05, 4.69) is 5.32 Å². The Morgan fingerprint density at radius 2 is 1.78 bits per heavy atom. The first-order valence-electron chi connectivity index (χ1n) is 7.77. The molecule has 0 spiro atoms. The van der Waals surface area contributed by atoms with Crippen LogP contribution in [0, 0.1) is 18.6 Å². The Balaban J connectivity index is 2.05. The number of hydrogen-bond acceptors (Lipinski definition) is 4. The number of para-hydroxylation sites is 1. The van der Waals surface area contributed by atoms with Crippen LogP contribution < -0.4 is 11.1 Å². The summed E-state index contributed by atoms with van der Waals surface area (Å²) < 4.78 is 28.2. The summed E-state index contributed by atoms with van der Waals surface area (Å²) in [6.07, 6.45) is 0. The summed E-state index contributed by atoms with van der Waals surface area (Å²) in [6, 6.07) is 8.98. The number of carbonyl (C=O) groups excluding carboxylic acids is 1. The van der Waals surface area contributed by atoms with Crippen LogP contribution in [-0.4, -0.2) is 17.0 Å². The molecule has 0 aliphatic rings. The smallest absolute Gasteiger partial charge is 0.339 e. The van der Waals surface area contributed by atoms with Gasteiger partial charge in [-0.05, 0) is 24.6 Å². The van der Waals surface area contributed by atoms with Crippen molar-refractivity contribution in [3.05, 3.63) is 70.1 Å². The molecule has 0 radical (unpaired) electrons. The van der Waals surface area contributed by atoms with Crippen LogP contribution in [0.1, 0.15) is 26.3 Å². The minimum Gasteiger partial charge on any atom is -0.478 e. The first-order valence-corrected chi connectivity index (χ1v) is 8.64. The maximum absolute atomic E-state index is 14.3. The lowest BCUT2D eigenvalue weighted by molar-refractivity contribution is 0.0699. The first kappa shape index (κ1) is 18.5. The van der Waals surface area contributed by atoms with E-state index in [9.17, 15) is 23.5 Å². The van der Waals surface area contributed by atoms with Crippen LogP contribution in [0.5, 0.6) is 0 Å². The lowest BCUT2D eigenvalue weighted by Crippen LogP contribution is -2.15. The number of carboxylic acids is 1. The van der Waals surface area contributed by atoms with E-state index in [1.807, 2.05) is 0 Å². The molecular weight excluding hydrogens is 374 g/mol. The van der Waals surface area contributed by atoms with E-state index in [4.69, 9.17) is 5.73 Å². The van der Waals surface area contributed by atoms with Gasteiger partial charge < -0.3 is 16.2 Å². The number of nitrogens with one attached hydrogen (secondary N) is 1. The Hall–Kier alpha value is -3.26. The lowest BCUT2D eigenvalue weighted by atomic mass is 10.0. The monoisotopic (exact) mass is 388 g/mol. The number of carboxylic acid groups (broad SMARTS) is 1. The highest BCUT2D eigenvalue weighted by atomic mass is 32.1. The average Bonchev–Trinajstić information content (AvgIpc) is 3.03. The predicted molar refractivity (Wildman–Crippen MR) is 100 cm³/mol. The maximum Gasteiger partial charge on any atom is 0.339 e. The first-order chi connectivity index (χ1) is 12.8. The molecule has 3 rings (SSSR count). The zero-order valence-electron chi connectivity index (χ0n) is 14.0. The third kappa shape index (κ3) is 3.39. The molecule has 27 heavy (non-hydrogen) atoms. The molecule has 1 amide bonds. The Bertz CT molecular complexity index is 1060. The predicted octanol–water partition coefficient (Wildman–Crippen LogP) is 4.53. The number of amides is 1. The second kappa shape index (κ2) is 7.16. The second-order valence-corrected chi connectivity index (χ2v) is 6.64. The number of benzene rings is 2. The van der Waals surface area contributed by atoms with E-state index < -0.39 is 23.5 Å². The molecule has 1 heterocycles. The highest BCUT2D eigenvalue weighted by Crippen LogP contribution is 2.38. The Morgan fingerprint density at radius 3 is 2.44 bits per heavy atom. The Morgan fingerprint density at radius 1 is 1.07 bits per heavy atom. The molecule has 0 unspecified atom stereocenters. The summed E-state index contributed by atoms with van der Waals surface area (Å²) >= 11 is 0.904. The van der Waals surface area contributed by atoms with Crippen molar-refractivity contribution in [3.63, 3.8) is 0 Å². The van der Waals surface area contributed by atoms with E-state index >= 15 is 0 Å². The van der Waals surface area contributed by atoms with Crippen molar-refractivity contribution in [1.82, 2.24) is 0 Å². The van der Waals surface area contributed by atoms with Crippen molar-refractivity contribution >= 4 is 33.9 Å². The maximum atomic E-state index is 14.3. The Kier molecular flexibility index (Phi) is 4.91. The fourth-order valence-corrected chi connectivity index (χ4v) is 3.54. The fourth-order valence-electron chi connectivity index (χ4n) is 2.59. The summed E-state index contributed by atoms with van der Waals surface area (Å²) in [4.78, 5) is 24.1. The van der Waals surface area contributed by atoms with Crippen molar-refractivity contribution in [2.24, 2.45) is 0 Å². The Labute approximate surface area is 157 Å². The number of rotatable bonds is 4. The number of aromatic carboxylic acids is 1.